The van der Waals surface area contributed by atoms with E-state index in [4.69, 9.17) is 0 Å². The molecule has 0 atom stereocenters. The molecule has 3 aromatic rings. The first-order valence-electron chi connectivity index (χ1n) is 7.18. The molecule has 2 nitrogen and oxygen atoms in total. The fraction of sp³-hybridized carbons (Fsp3) is 0.375. The minimum atomic E-state index is 1.01. The molecule has 0 bridgehead atoms. The smallest absolute Gasteiger partial charge is 0.113 e. The van der Waals surface area contributed by atoms with Gasteiger partial charge in [-0.25, -0.2) is 0 Å². The number of aromatic nitrogens is 2. The third-order valence-corrected chi connectivity index (χ3v) is 5.11. The summed E-state index contributed by atoms with van der Waals surface area (Å²) in [6.45, 7) is 2.26. The zero-order valence-electron chi connectivity index (χ0n) is 11.6. The number of hydrogen-bond donors (Lipinski definition) is 0. The highest BCUT2D eigenvalue weighted by atomic mass is 32.1. The normalized spacial score (nSPS) is 11.2. The summed E-state index contributed by atoms with van der Waals surface area (Å²) in [4.78, 5) is 1.37. The monoisotopic (exact) mass is 302 g/mol. The van der Waals surface area contributed by atoms with Gasteiger partial charge < -0.3 is 0 Å². The summed E-state index contributed by atoms with van der Waals surface area (Å²) in [6.07, 6.45) is 6.41. The molecular weight excluding hydrogens is 284 g/mol. The SMILES string of the molecule is CCCCCCc1ccsc1-c1cccc2nsnc12. The molecular formula is C16H18N2S2. The van der Waals surface area contributed by atoms with Crippen molar-refractivity contribution < 1.29 is 0 Å². The molecule has 0 aliphatic heterocycles. The number of nitrogens with zero attached hydrogens (tertiary/aromatic N) is 2. The lowest BCUT2D eigenvalue weighted by Gasteiger charge is -2.04. The van der Waals surface area contributed by atoms with Crippen molar-refractivity contribution in [3.05, 3.63) is 35.2 Å². The average Bonchev–Trinajstić information content (AvgIpc) is 3.11. The highest BCUT2D eigenvalue weighted by Gasteiger charge is 2.12. The van der Waals surface area contributed by atoms with Crippen LogP contribution in [-0.2, 0) is 6.42 Å². The van der Waals surface area contributed by atoms with Crippen molar-refractivity contribution in [1.29, 1.82) is 0 Å². The first-order chi connectivity index (χ1) is 9.90. The van der Waals surface area contributed by atoms with Gasteiger partial charge in [-0.15, -0.1) is 11.3 Å². The summed E-state index contributed by atoms with van der Waals surface area (Å²) in [5.74, 6) is 0. The highest BCUT2D eigenvalue weighted by molar-refractivity contribution is 7.13. The van der Waals surface area contributed by atoms with Crippen molar-refractivity contribution in [2.24, 2.45) is 0 Å². The molecule has 0 aliphatic rings. The van der Waals surface area contributed by atoms with Gasteiger partial charge in [0, 0.05) is 10.4 Å². The molecule has 4 heteroatoms. The molecule has 0 radical (unpaired) electrons. The molecule has 0 unspecified atom stereocenters. The van der Waals surface area contributed by atoms with Crippen molar-refractivity contribution >= 4 is 34.1 Å². The van der Waals surface area contributed by atoms with Gasteiger partial charge in [-0.2, -0.15) is 8.75 Å². The molecule has 104 valence electrons. The second kappa shape index (κ2) is 6.46. The van der Waals surface area contributed by atoms with E-state index in [9.17, 15) is 0 Å². The van der Waals surface area contributed by atoms with Gasteiger partial charge >= 0.3 is 0 Å². The number of rotatable bonds is 6. The van der Waals surface area contributed by atoms with Crippen molar-refractivity contribution in [3.8, 4) is 10.4 Å². The second-order valence-electron chi connectivity index (χ2n) is 5.02. The Morgan fingerprint density at radius 1 is 1.05 bits per heavy atom. The van der Waals surface area contributed by atoms with E-state index in [1.807, 2.05) is 17.4 Å². The maximum Gasteiger partial charge on any atom is 0.113 e. The van der Waals surface area contributed by atoms with Gasteiger partial charge in [0.1, 0.15) is 11.0 Å². The number of thiophene rings is 1. The highest BCUT2D eigenvalue weighted by Crippen LogP contribution is 2.34. The summed E-state index contributed by atoms with van der Waals surface area (Å²) >= 11 is 3.12. The maximum absolute atomic E-state index is 4.46. The summed E-state index contributed by atoms with van der Waals surface area (Å²) < 4.78 is 8.80. The fourth-order valence-corrected chi connectivity index (χ4v) is 4.03. The van der Waals surface area contributed by atoms with Crippen LogP contribution in [0, 0.1) is 0 Å². The summed E-state index contributed by atoms with van der Waals surface area (Å²) in [7, 11) is 0. The lowest BCUT2D eigenvalue weighted by Crippen LogP contribution is -1.87. The van der Waals surface area contributed by atoms with Crippen molar-refractivity contribution in [3.63, 3.8) is 0 Å². The Hall–Kier alpha value is -1.26. The van der Waals surface area contributed by atoms with E-state index in [2.05, 4.69) is 39.2 Å². The van der Waals surface area contributed by atoms with E-state index in [1.165, 1.54) is 59.8 Å². The molecule has 3 rings (SSSR count). The lowest BCUT2D eigenvalue weighted by atomic mass is 10.0. The lowest BCUT2D eigenvalue weighted by molar-refractivity contribution is 0.668. The van der Waals surface area contributed by atoms with Crippen molar-refractivity contribution in [2.45, 2.75) is 39.0 Å². The van der Waals surface area contributed by atoms with E-state index in [0.29, 0.717) is 0 Å². The van der Waals surface area contributed by atoms with Crippen molar-refractivity contribution in [2.75, 3.05) is 0 Å². The minimum Gasteiger partial charge on any atom is -0.173 e. The van der Waals surface area contributed by atoms with Crippen LogP contribution in [0.1, 0.15) is 38.2 Å². The number of benzene rings is 1. The van der Waals surface area contributed by atoms with Crippen LogP contribution in [0.5, 0.6) is 0 Å². The Bertz CT molecular complexity index is 684. The summed E-state index contributed by atoms with van der Waals surface area (Å²) in [5.41, 5.74) is 4.77. The van der Waals surface area contributed by atoms with Crippen LogP contribution < -0.4 is 0 Å². The third kappa shape index (κ3) is 2.76. The number of hydrogen-bond acceptors (Lipinski definition) is 4. The average molecular weight is 302 g/mol. The minimum absolute atomic E-state index is 1.01. The van der Waals surface area contributed by atoms with Gasteiger partial charge in [-0.05, 0) is 35.9 Å². The molecule has 0 N–H and O–H groups in total. The molecule has 0 fully saturated rings. The van der Waals surface area contributed by atoms with Crippen molar-refractivity contribution in [1.82, 2.24) is 8.75 Å². The van der Waals surface area contributed by atoms with E-state index < -0.39 is 0 Å². The largest absolute Gasteiger partial charge is 0.173 e. The number of fused-ring (bicyclic) bond motifs is 1. The van der Waals surface area contributed by atoms with E-state index in [1.54, 1.807) is 0 Å². The molecule has 2 aromatic heterocycles. The topological polar surface area (TPSA) is 25.8 Å². The molecule has 0 saturated heterocycles. The zero-order valence-corrected chi connectivity index (χ0v) is 13.3. The van der Waals surface area contributed by atoms with Gasteiger partial charge in [0.2, 0.25) is 0 Å². The van der Waals surface area contributed by atoms with Crippen LogP contribution in [0.3, 0.4) is 0 Å². The number of aryl methyl sites for hydroxylation is 1. The fourth-order valence-electron chi connectivity index (χ4n) is 2.50. The summed E-state index contributed by atoms with van der Waals surface area (Å²) in [6, 6.07) is 8.56. The van der Waals surface area contributed by atoms with E-state index in [-0.39, 0.29) is 0 Å². The molecule has 1 aromatic carbocycles. The Morgan fingerprint density at radius 3 is 2.90 bits per heavy atom. The Morgan fingerprint density at radius 2 is 2.00 bits per heavy atom. The van der Waals surface area contributed by atoms with Crippen LogP contribution >= 0.6 is 23.1 Å². The van der Waals surface area contributed by atoms with Crippen LogP contribution in [0.2, 0.25) is 0 Å². The molecule has 0 aliphatic carbocycles. The Balaban J connectivity index is 1.87. The first kappa shape index (κ1) is 13.7. The van der Waals surface area contributed by atoms with Gasteiger partial charge in [0.15, 0.2) is 0 Å². The predicted octanol–water partition coefficient (Wildman–Crippen LogP) is 5.54. The van der Waals surface area contributed by atoms with Crippen LogP contribution in [-0.4, -0.2) is 8.75 Å². The summed E-state index contributed by atoms with van der Waals surface area (Å²) in [5, 5.41) is 2.20. The number of unbranched alkanes of at least 4 members (excludes halogenated alkanes) is 3. The van der Waals surface area contributed by atoms with Gasteiger partial charge in [0.05, 0.1) is 11.7 Å². The standard InChI is InChI=1S/C16H18N2S2/c1-2-3-4-5-7-12-10-11-19-16(12)13-8-6-9-14-15(13)18-20-17-14/h6,8-11H,2-5,7H2,1H3. The quantitative estimate of drug-likeness (QED) is 0.558. The second-order valence-corrected chi connectivity index (χ2v) is 6.47. The Labute approximate surface area is 127 Å². The van der Waals surface area contributed by atoms with Crippen LogP contribution in [0.25, 0.3) is 21.5 Å². The molecule has 0 spiro atoms. The molecule has 0 amide bonds. The maximum atomic E-state index is 4.46. The van der Waals surface area contributed by atoms with E-state index >= 15 is 0 Å². The molecule has 2 heterocycles. The first-order valence-corrected chi connectivity index (χ1v) is 8.79. The molecule has 0 saturated carbocycles. The Kier molecular flexibility index (Phi) is 4.43. The van der Waals surface area contributed by atoms with Crippen LogP contribution in [0.4, 0.5) is 0 Å². The van der Waals surface area contributed by atoms with Gasteiger partial charge in [-0.1, -0.05) is 38.3 Å². The van der Waals surface area contributed by atoms with E-state index in [0.717, 1.165) is 11.0 Å². The van der Waals surface area contributed by atoms with Gasteiger partial charge in [-0.3, -0.25) is 0 Å². The predicted molar refractivity (Wildman–Crippen MR) is 88.6 cm³/mol. The molecule has 20 heavy (non-hydrogen) atoms. The zero-order chi connectivity index (χ0) is 13.8. The third-order valence-electron chi connectivity index (χ3n) is 3.58. The van der Waals surface area contributed by atoms with Crippen LogP contribution in [0.15, 0.2) is 29.6 Å². The van der Waals surface area contributed by atoms with Gasteiger partial charge in [0.25, 0.3) is 0 Å².